The molecule has 4 N–H and O–H groups in total. The second kappa shape index (κ2) is 10.9. The predicted molar refractivity (Wildman–Crippen MR) is 95.0 cm³/mol. The zero-order chi connectivity index (χ0) is 17.1. The minimum Gasteiger partial charge on any atom is -0.382 e. The first-order valence-corrected chi connectivity index (χ1v) is 8.08. The van der Waals surface area contributed by atoms with Gasteiger partial charge in [-0.25, -0.2) is 0 Å². The first kappa shape index (κ1) is 19.3. The third-order valence-corrected chi connectivity index (χ3v) is 3.30. The maximum absolute atomic E-state index is 11.9. The second-order valence-electron chi connectivity index (χ2n) is 5.03. The first-order chi connectivity index (χ1) is 11.0. The number of nitrogens with one attached hydrogen (secondary N) is 2. The molecule has 0 aromatic heterocycles. The third kappa shape index (κ3) is 8.42. The molecular weight excluding hydrogens is 316 g/mol. The number of guanidine groups is 1. The summed E-state index contributed by atoms with van der Waals surface area (Å²) in [5.74, 6) is 0.204. The molecule has 1 rings (SSSR count). The lowest BCUT2D eigenvalue weighted by atomic mass is 10.2. The van der Waals surface area contributed by atoms with Gasteiger partial charge in [0, 0.05) is 32.7 Å². The topological polar surface area (TPSA) is 88.7 Å². The summed E-state index contributed by atoms with van der Waals surface area (Å²) >= 11 is 6.07. The van der Waals surface area contributed by atoms with E-state index in [9.17, 15) is 4.79 Å². The van der Waals surface area contributed by atoms with E-state index >= 15 is 0 Å². The molecule has 0 aliphatic rings. The molecular formula is C16H25ClN4O2. The number of nitrogens with two attached hydrogens (primary N) is 1. The predicted octanol–water partition coefficient (Wildman–Crippen LogP) is 2.31. The number of aryl methyl sites for hydroxylation is 1. The number of amides is 1. The Balaban J connectivity index is 2.24. The van der Waals surface area contributed by atoms with Crippen molar-refractivity contribution in [2.45, 2.75) is 26.7 Å². The fraction of sp³-hybridized carbons (Fsp3) is 0.500. The van der Waals surface area contributed by atoms with Crippen LogP contribution in [0.3, 0.4) is 0 Å². The van der Waals surface area contributed by atoms with Crippen LogP contribution in [0.1, 0.15) is 25.3 Å². The Morgan fingerprint density at radius 2 is 2.22 bits per heavy atom. The summed E-state index contributed by atoms with van der Waals surface area (Å²) in [5, 5.41) is 6.21. The Hall–Kier alpha value is -1.79. The van der Waals surface area contributed by atoms with E-state index in [1.165, 1.54) is 0 Å². The van der Waals surface area contributed by atoms with Crippen molar-refractivity contribution in [1.82, 2.24) is 5.32 Å². The summed E-state index contributed by atoms with van der Waals surface area (Å²) in [7, 11) is 0. The summed E-state index contributed by atoms with van der Waals surface area (Å²) in [4.78, 5) is 16.0. The lowest BCUT2D eigenvalue weighted by Crippen LogP contribution is -2.34. The van der Waals surface area contributed by atoms with E-state index in [1.54, 1.807) is 6.07 Å². The van der Waals surface area contributed by atoms with Crippen LogP contribution in [-0.4, -0.2) is 38.2 Å². The summed E-state index contributed by atoms with van der Waals surface area (Å²) in [6.45, 7) is 6.29. The van der Waals surface area contributed by atoms with Crippen molar-refractivity contribution < 1.29 is 9.53 Å². The fourth-order valence-electron chi connectivity index (χ4n) is 1.80. The van der Waals surface area contributed by atoms with E-state index in [0.29, 0.717) is 43.0 Å². The highest BCUT2D eigenvalue weighted by Crippen LogP contribution is 2.22. The number of anilines is 1. The highest BCUT2D eigenvalue weighted by molar-refractivity contribution is 6.33. The van der Waals surface area contributed by atoms with Crippen LogP contribution in [0.25, 0.3) is 0 Å². The molecule has 0 bridgehead atoms. The molecule has 0 unspecified atom stereocenters. The van der Waals surface area contributed by atoms with Crippen molar-refractivity contribution >= 4 is 29.2 Å². The molecule has 128 valence electrons. The monoisotopic (exact) mass is 340 g/mol. The van der Waals surface area contributed by atoms with Gasteiger partial charge in [-0.05, 0) is 38.0 Å². The lowest BCUT2D eigenvalue weighted by molar-refractivity contribution is -0.116. The average Bonchev–Trinajstić information content (AvgIpc) is 2.50. The molecule has 0 aliphatic carbocycles. The van der Waals surface area contributed by atoms with E-state index in [-0.39, 0.29) is 12.3 Å². The lowest BCUT2D eigenvalue weighted by Gasteiger charge is -2.09. The normalized spacial score (nSPS) is 11.3. The molecule has 0 saturated carbocycles. The van der Waals surface area contributed by atoms with E-state index in [0.717, 1.165) is 12.0 Å². The molecule has 23 heavy (non-hydrogen) atoms. The van der Waals surface area contributed by atoms with Crippen molar-refractivity contribution in [3.63, 3.8) is 0 Å². The molecule has 0 radical (unpaired) electrons. The van der Waals surface area contributed by atoms with E-state index in [2.05, 4.69) is 15.6 Å². The molecule has 0 saturated heterocycles. The Morgan fingerprint density at radius 1 is 1.43 bits per heavy atom. The van der Waals surface area contributed by atoms with Gasteiger partial charge in [-0.1, -0.05) is 17.7 Å². The zero-order valence-electron chi connectivity index (χ0n) is 13.7. The number of carbonyl (C=O) groups is 1. The molecule has 0 fully saturated rings. The van der Waals surface area contributed by atoms with Gasteiger partial charge in [0.15, 0.2) is 5.96 Å². The van der Waals surface area contributed by atoms with Crippen LogP contribution in [0, 0.1) is 6.92 Å². The molecule has 0 spiro atoms. The van der Waals surface area contributed by atoms with Gasteiger partial charge in [0.2, 0.25) is 5.91 Å². The average molecular weight is 341 g/mol. The van der Waals surface area contributed by atoms with Crippen LogP contribution in [0.2, 0.25) is 5.02 Å². The highest BCUT2D eigenvalue weighted by atomic mass is 35.5. The van der Waals surface area contributed by atoms with Crippen molar-refractivity contribution in [3.05, 3.63) is 28.8 Å². The minimum atomic E-state index is -0.132. The zero-order valence-corrected chi connectivity index (χ0v) is 14.4. The molecule has 1 aromatic carbocycles. The molecule has 0 atom stereocenters. The molecule has 1 aromatic rings. The number of nitrogens with zero attached hydrogens (tertiary/aromatic N) is 1. The number of carbonyl (C=O) groups excluding carboxylic acids is 1. The van der Waals surface area contributed by atoms with Gasteiger partial charge in [-0.15, -0.1) is 0 Å². The standard InChI is InChI=1S/C16H25ClN4O2/c1-3-23-10-4-8-19-16(18)20-9-7-15(22)21-14-6-5-12(2)11-13(14)17/h5-6,11H,3-4,7-10H2,1-2H3,(H,21,22)(H3,18,19,20). The minimum absolute atomic E-state index is 0.132. The summed E-state index contributed by atoms with van der Waals surface area (Å²) in [5.41, 5.74) is 7.37. The van der Waals surface area contributed by atoms with Crippen LogP contribution in [0.4, 0.5) is 5.69 Å². The quantitative estimate of drug-likeness (QED) is 0.365. The van der Waals surface area contributed by atoms with Gasteiger partial charge in [0.1, 0.15) is 0 Å². The van der Waals surface area contributed by atoms with Gasteiger partial charge in [-0.2, -0.15) is 0 Å². The molecule has 0 heterocycles. The van der Waals surface area contributed by atoms with E-state index in [1.807, 2.05) is 26.0 Å². The summed E-state index contributed by atoms with van der Waals surface area (Å²) in [6, 6.07) is 5.49. The van der Waals surface area contributed by atoms with Gasteiger partial charge in [0.05, 0.1) is 10.7 Å². The Morgan fingerprint density at radius 3 is 2.91 bits per heavy atom. The van der Waals surface area contributed by atoms with Crippen molar-refractivity contribution in [1.29, 1.82) is 0 Å². The number of hydrogen-bond donors (Lipinski definition) is 3. The molecule has 0 aliphatic heterocycles. The molecule has 1 amide bonds. The largest absolute Gasteiger partial charge is 0.382 e. The maximum Gasteiger partial charge on any atom is 0.226 e. The van der Waals surface area contributed by atoms with Crippen LogP contribution >= 0.6 is 11.6 Å². The van der Waals surface area contributed by atoms with E-state index < -0.39 is 0 Å². The number of aliphatic imine (C=N–C) groups is 1. The van der Waals surface area contributed by atoms with E-state index in [4.69, 9.17) is 22.1 Å². The molecule has 6 nitrogen and oxygen atoms in total. The van der Waals surface area contributed by atoms with Crippen LogP contribution in [0.15, 0.2) is 23.2 Å². The Labute approximate surface area is 142 Å². The number of halogens is 1. The second-order valence-corrected chi connectivity index (χ2v) is 5.43. The maximum atomic E-state index is 11.9. The van der Waals surface area contributed by atoms with Gasteiger partial charge < -0.3 is 21.1 Å². The SMILES string of the molecule is CCOCCCN=C(N)NCCC(=O)Nc1ccc(C)cc1Cl. The number of ether oxygens (including phenoxy) is 1. The Kier molecular flexibility index (Phi) is 9.09. The number of benzene rings is 1. The van der Waals surface area contributed by atoms with Gasteiger partial charge in [0.25, 0.3) is 0 Å². The van der Waals surface area contributed by atoms with Crippen LogP contribution in [-0.2, 0) is 9.53 Å². The van der Waals surface area contributed by atoms with Crippen molar-refractivity contribution in [2.75, 3.05) is 31.6 Å². The fourth-order valence-corrected chi connectivity index (χ4v) is 2.09. The van der Waals surface area contributed by atoms with Crippen LogP contribution in [0.5, 0.6) is 0 Å². The Bertz CT molecular complexity index is 535. The smallest absolute Gasteiger partial charge is 0.226 e. The number of rotatable bonds is 9. The summed E-state index contributed by atoms with van der Waals surface area (Å²) in [6.07, 6.45) is 1.10. The van der Waals surface area contributed by atoms with Crippen molar-refractivity contribution in [3.8, 4) is 0 Å². The molecule has 7 heteroatoms. The highest BCUT2D eigenvalue weighted by Gasteiger charge is 2.06. The third-order valence-electron chi connectivity index (χ3n) is 2.99. The van der Waals surface area contributed by atoms with Crippen LogP contribution < -0.4 is 16.4 Å². The van der Waals surface area contributed by atoms with Crippen molar-refractivity contribution in [2.24, 2.45) is 10.7 Å². The van der Waals surface area contributed by atoms with Gasteiger partial charge in [-0.3, -0.25) is 9.79 Å². The number of hydrogen-bond acceptors (Lipinski definition) is 3. The first-order valence-electron chi connectivity index (χ1n) is 7.70. The van der Waals surface area contributed by atoms with Gasteiger partial charge >= 0.3 is 0 Å². The summed E-state index contributed by atoms with van der Waals surface area (Å²) < 4.78 is 5.21.